The maximum atomic E-state index is 12.2. The molecule has 0 fully saturated rings. The summed E-state index contributed by atoms with van der Waals surface area (Å²) in [7, 11) is 0. The standard InChI is InChI=1S/C19H22O2/c1-4-15-9-11-16(12-10-15)18(20)13-21-19-8-6-5-7-17(19)14(2)3/h5-12,14H,4,13H2,1-3H3. The van der Waals surface area contributed by atoms with Crippen molar-refractivity contribution in [2.45, 2.75) is 33.1 Å². The van der Waals surface area contributed by atoms with E-state index in [1.165, 1.54) is 5.56 Å². The van der Waals surface area contributed by atoms with Crippen molar-refractivity contribution in [1.29, 1.82) is 0 Å². The minimum absolute atomic E-state index is 0.0104. The Morgan fingerprint density at radius 3 is 2.33 bits per heavy atom. The zero-order valence-electron chi connectivity index (χ0n) is 12.9. The van der Waals surface area contributed by atoms with Crippen molar-refractivity contribution in [3.63, 3.8) is 0 Å². The van der Waals surface area contributed by atoms with Crippen LogP contribution in [0, 0.1) is 0 Å². The van der Waals surface area contributed by atoms with Crippen LogP contribution in [0.4, 0.5) is 0 Å². The molecule has 0 amide bonds. The van der Waals surface area contributed by atoms with Gasteiger partial charge in [0.2, 0.25) is 0 Å². The van der Waals surface area contributed by atoms with Crippen LogP contribution >= 0.6 is 0 Å². The van der Waals surface area contributed by atoms with E-state index in [9.17, 15) is 4.79 Å². The second-order valence-corrected chi connectivity index (χ2v) is 5.45. The van der Waals surface area contributed by atoms with Gasteiger partial charge in [0.05, 0.1) is 0 Å². The fraction of sp³-hybridized carbons (Fsp3) is 0.316. The van der Waals surface area contributed by atoms with Crippen LogP contribution < -0.4 is 4.74 Å². The molecule has 0 saturated carbocycles. The van der Waals surface area contributed by atoms with E-state index in [0.717, 1.165) is 17.7 Å². The molecule has 0 aromatic heterocycles. The lowest BCUT2D eigenvalue weighted by atomic mass is 10.0. The first-order valence-electron chi connectivity index (χ1n) is 7.45. The van der Waals surface area contributed by atoms with Crippen molar-refractivity contribution >= 4 is 5.78 Å². The molecule has 0 heterocycles. The van der Waals surface area contributed by atoms with Crippen molar-refractivity contribution in [1.82, 2.24) is 0 Å². The Balaban J connectivity index is 2.04. The molecular formula is C19H22O2. The van der Waals surface area contributed by atoms with E-state index >= 15 is 0 Å². The van der Waals surface area contributed by atoms with Gasteiger partial charge >= 0.3 is 0 Å². The summed E-state index contributed by atoms with van der Waals surface area (Å²) >= 11 is 0. The maximum absolute atomic E-state index is 12.2. The van der Waals surface area contributed by atoms with Gasteiger partial charge in [-0.3, -0.25) is 4.79 Å². The monoisotopic (exact) mass is 282 g/mol. The Labute approximate surface area is 126 Å². The predicted molar refractivity (Wildman–Crippen MR) is 86.2 cm³/mol. The number of aryl methyl sites for hydroxylation is 1. The van der Waals surface area contributed by atoms with Crippen LogP contribution in [-0.4, -0.2) is 12.4 Å². The van der Waals surface area contributed by atoms with Crippen LogP contribution in [0.1, 0.15) is 48.2 Å². The summed E-state index contributed by atoms with van der Waals surface area (Å²) in [5, 5.41) is 0. The van der Waals surface area contributed by atoms with E-state index in [1.807, 2.05) is 48.5 Å². The van der Waals surface area contributed by atoms with Gasteiger partial charge in [-0.2, -0.15) is 0 Å². The second-order valence-electron chi connectivity index (χ2n) is 5.45. The van der Waals surface area contributed by atoms with Gasteiger partial charge in [0, 0.05) is 5.56 Å². The molecule has 2 heteroatoms. The topological polar surface area (TPSA) is 26.3 Å². The Morgan fingerprint density at radius 1 is 1.05 bits per heavy atom. The number of rotatable bonds is 6. The molecule has 0 aliphatic heterocycles. The van der Waals surface area contributed by atoms with Gasteiger partial charge in [0.25, 0.3) is 0 Å². The van der Waals surface area contributed by atoms with E-state index in [1.54, 1.807) is 0 Å². The first kappa shape index (κ1) is 15.3. The molecule has 0 aliphatic rings. The summed E-state index contributed by atoms with van der Waals surface area (Å²) in [5.41, 5.74) is 3.07. The molecule has 0 N–H and O–H groups in total. The van der Waals surface area contributed by atoms with Gasteiger partial charge in [-0.15, -0.1) is 0 Å². The molecule has 0 bridgehead atoms. The first-order valence-corrected chi connectivity index (χ1v) is 7.45. The Hall–Kier alpha value is -2.09. The van der Waals surface area contributed by atoms with Crippen LogP contribution in [-0.2, 0) is 6.42 Å². The van der Waals surface area contributed by atoms with Crippen molar-refractivity contribution in [2.75, 3.05) is 6.61 Å². The molecule has 0 radical (unpaired) electrons. The third kappa shape index (κ3) is 3.94. The van der Waals surface area contributed by atoms with Gasteiger partial charge in [-0.05, 0) is 29.5 Å². The maximum Gasteiger partial charge on any atom is 0.200 e. The molecule has 2 aromatic carbocycles. The van der Waals surface area contributed by atoms with Gasteiger partial charge in [0.1, 0.15) is 5.75 Å². The van der Waals surface area contributed by atoms with Crippen molar-refractivity contribution < 1.29 is 9.53 Å². The molecule has 0 atom stereocenters. The summed E-state index contributed by atoms with van der Waals surface area (Å²) < 4.78 is 5.72. The zero-order chi connectivity index (χ0) is 15.2. The molecular weight excluding hydrogens is 260 g/mol. The smallest absolute Gasteiger partial charge is 0.200 e. The molecule has 0 aliphatic carbocycles. The van der Waals surface area contributed by atoms with Crippen LogP contribution in [0.15, 0.2) is 48.5 Å². The van der Waals surface area contributed by atoms with Gasteiger partial charge in [-0.25, -0.2) is 0 Å². The van der Waals surface area contributed by atoms with Gasteiger partial charge in [0.15, 0.2) is 12.4 Å². The second kappa shape index (κ2) is 7.07. The summed E-state index contributed by atoms with van der Waals surface area (Å²) in [6.45, 7) is 6.42. The van der Waals surface area contributed by atoms with E-state index in [0.29, 0.717) is 11.5 Å². The fourth-order valence-corrected chi connectivity index (χ4v) is 2.24. The zero-order valence-corrected chi connectivity index (χ0v) is 12.9. The number of hydrogen-bond donors (Lipinski definition) is 0. The number of ether oxygens (including phenoxy) is 1. The number of benzene rings is 2. The van der Waals surface area contributed by atoms with E-state index < -0.39 is 0 Å². The summed E-state index contributed by atoms with van der Waals surface area (Å²) in [6, 6.07) is 15.6. The lowest BCUT2D eigenvalue weighted by Gasteiger charge is -2.13. The highest BCUT2D eigenvalue weighted by Gasteiger charge is 2.10. The number of carbonyl (C=O) groups is 1. The molecule has 21 heavy (non-hydrogen) atoms. The molecule has 110 valence electrons. The number of Topliss-reactive ketones (excluding diaryl/α,β-unsaturated/α-hetero) is 1. The molecule has 2 aromatic rings. The third-order valence-electron chi connectivity index (χ3n) is 3.58. The predicted octanol–water partition coefficient (Wildman–Crippen LogP) is 4.63. The largest absolute Gasteiger partial charge is 0.485 e. The van der Waals surface area contributed by atoms with Gasteiger partial charge in [-0.1, -0.05) is 63.2 Å². The molecule has 2 rings (SSSR count). The van der Waals surface area contributed by atoms with Crippen molar-refractivity contribution in [2.24, 2.45) is 0 Å². The highest BCUT2D eigenvalue weighted by Crippen LogP contribution is 2.25. The van der Waals surface area contributed by atoms with E-state index in [4.69, 9.17) is 4.74 Å². The Kier molecular flexibility index (Phi) is 5.15. The first-order chi connectivity index (χ1) is 10.1. The quantitative estimate of drug-likeness (QED) is 0.722. The molecule has 2 nitrogen and oxygen atoms in total. The van der Waals surface area contributed by atoms with E-state index in [2.05, 4.69) is 20.8 Å². The number of ketones is 1. The molecule has 0 unspecified atom stereocenters. The highest BCUT2D eigenvalue weighted by molar-refractivity contribution is 5.97. The molecule has 0 saturated heterocycles. The lowest BCUT2D eigenvalue weighted by Crippen LogP contribution is -2.12. The Morgan fingerprint density at radius 2 is 1.71 bits per heavy atom. The van der Waals surface area contributed by atoms with Crippen molar-refractivity contribution in [3.8, 4) is 5.75 Å². The Bertz CT molecular complexity index is 597. The normalized spacial score (nSPS) is 10.7. The van der Waals surface area contributed by atoms with Crippen LogP contribution in [0.2, 0.25) is 0 Å². The summed E-state index contributed by atoms with van der Waals surface area (Å²) in [4.78, 5) is 12.2. The SMILES string of the molecule is CCc1ccc(C(=O)COc2ccccc2C(C)C)cc1. The minimum atomic E-state index is 0.0104. The summed E-state index contributed by atoms with van der Waals surface area (Å²) in [5.74, 6) is 1.18. The number of para-hydroxylation sites is 1. The van der Waals surface area contributed by atoms with Crippen LogP contribution in [0.3, 0.4) is 0 Å². The fourth-order valence-electron chi connectivity index (χ4n) is 2.24. The minimum Gasteiger partial charge on any atom is -0.485 e. The van der Waals surface area contributed by atoms with E-state index in [-0.39, 0.29) is 12.4 Å². The van der Waals surface area contributed by atoms with Gasteiger partial charge < -0.3 is 4.74 Å². The highest BCUT2D eigenvalue weighted by atomic mass is 16.5. The lowest BCUT2D eigenvalue weighted by molar-refractivity contribution is 0.0920. The number of hydrogen-bond acceptors (Lipinski definition) is 2. The third-order valence-corrected chi connectivity index (χ3v) is 3.58. The van der Waals surface area contributed by atoms with Crippen LogP contribution in [0.25, 0.3) is 0 Å². The summed E-state index contributed by atoms with van der Waals surface area (Å²) in [6.07, 6.45) is 0.979. The average molecular weight is 282 g/mol. The number of carbonyl (C=O) groups excluding carboxylic acids is 1. The van der Waals surface area contributed by atoms with Crippen LogP contribution in [0.5, 0.6) is 5.75 Å². The average Bonchev–Trinajstić information content (AvgIpc) is 2.52. The van der Waals surface area contributed by atoms with Crippen molar-refractivity contribution in [3.05, 3.63) is 65.2 Å². The molecule has 0 spiro atoms.